The van der Waals surface area contributed by atoms with E-state index in [1.807, 2.05) is 0 Å². The maximum Gasteiger partial charge on any atom is 0.267 e. The van der Waals surface area contributed by atoms with Crippen LogP contribution >= 0.6 is 0 Å². The van der Waals surface area contributed by atoms with E-state index >= 15 is 0 Å². The third kappa shape index (κ3) is 8.41. The fraction of sp³-hybridized carbons (Fsp3) is 0.778. The number of hydrogen-bond acceptors (Lipinski definition) is 5. The minimum Gasteiger partial charge on any atom is -0.499 e. The van der Waals surface area contributed by atoms with Gasteiger partial charge in [0.1, 0.15) is 6.61 Å². The highest BCUT2D eigenvalue weighted by molar-refractivity contribution is 7.86. The molecule has 0 saturated carbocycles. The molecule has 0 bridgehead atoms. The van der Waals surface area contributed by atoms with Gasteiger partial charge >= 0.3 is 0 Å². The zero-order valence-corrected chi connectivity index (χ0v) is 9.70. The smallest absolute Gasteiger partial charge is 0.267 e. The van der Waals surface area contributed by atoms with Gasteiger partial charge in [0.15, 0.2) is 0 Å². The summed E-state index contributed by atoms with van der Waals surface area (Å²) in [5.41, 5.74) is 0. The number of aliphatic hydroxyl groups excluding tert-OH is 1. The van der Waals surface area contributed by atoms with Crippen LogP contribution in [0.3, 0.4) is 0 Å². The highest BCUT2D eigenvalue weighted by atomic mass is 32.2. The maximum atomic E-state index is 10.9. The van der Waals surface area contributed by atoms with Gasteiger partial charge in [-0.25, -0.2) is 0 Å². The fourth-order valence-electron chi connectivity index (χ4n) is 1.00. The first-order valence-electron chi connectivity index (χ1n) is 4.70. The van der Waals surface area contributed by atoms with Gasteiger partial charge in [0.05, 0.1) is 25.2 Å². The summed E-state index contributed by atoms with van der Waals surface area (Å²) in [6.45, 7) is 3.54. The van der Waals surface area contributed by atoms with E-state index in [2.05, 4.69) is 10.8 Å². The molecule has 0 heterocycles. The van der Waals surface area contributed by atoms with Crippen LogP contribution in [0.2, 0.25) is 0 Å². The number of hydrogen-bond donors (Lipinski definition) is 1. The second kappa shape index (κ2) is 7.67. The molecule has 1 N–H and O–H groups in total. The van der Waals surface area contributed by atoms with E-state index in [9.17, 15) is 13.5 Å². The lowest BCUT2D eigenvalue weighted by atomic mass is 10.2. The molecule has 1 atom stereocenters. The van der Waals surface area contributed by atoms with Crippen molar-refractivity contribution in [2.24, 2.45) is 0 Å². The number of ether oxygens (including phenoxy) is 1. The molecule has 0 fully saturated rings. The van der Waals surface area contributed by atoms with Gasteiger partial charge in [-0.1, -0.05) is 6.58 Å². The van der Waals surface area contributed by atoms with Crippen LogP contribution in [0.25, 0.3) is 0 Å². The third-order valence-corrected chi connectivity index (χ3v) is 3.14. The van der Waals surface area contributed by atoms with E-state index in [1.165, 1.54) is 6.26 Å². The summed E-state index contributed by atoms with van der Waals surface area (Å²) in [6, 6.07) is 0. The van der Waals surface area contributed by atoms with Crippen molar-refractivity contribution in [3.8, 4) is 0 Å². The predicted octanol–water partition coefficient (Wildman–Crippen LogP) is 0.654. The molecule has 0 aromatic carbocycles. The minimum atomic E-state index is -3.36. The molecule has 5 nitrogen and oxygen atoms in total. The number of rotatable bonds is 9. The molecule has 6 heteroatoms. The van der Waals surface area contributed by atoms with Gasteiger partial charge in [0.2, 0.25) is 0 Å². The Kier molecular flexibility index (Phi) is 7.37. The van der Waals surface area contributed by atoms with Gasteiger partial charge in [0, 0.05) is 0 Å². The average molecular weight is 238 g/mol. The van der Waals surface area contributed by atoms with E-state index in [-0.39, 0.29) is 12.4 Å². The topological polar surface area (TPSA) is 72.8 Å². The van der Waals surface area contributed by atoms with Crippen LogP contribution in [-0.4, -0.2) is 39.1 Å². The molecule has 0 aliphatic carbocycles. The third-order valence-electron chi connectivity index (χ3n) is 1.84. The summed E-state index contributed by atoms with van der Waals surface area (Å²) in [5.74, 6) is -0.0153. The summed E-state index contributed by atoms with van der Waals surface area (Å²) in [4.78, 5) is 0. The van der Waals surface area contributed by atoms with Gasteiger partial charge in [-0.15, -0.1) is 0 Å². The van der Waals surface area contributed by atoms with Gasteiger partial charge < -0.3 is 9.84 Å². The normalized spacial score (nSPS) is 13.5. The van der Waals surface area contributed by atoms with Gasteiger partial charge in [-0.3, -0.25) is 4.18 Å². The zero-order chi connectivity index (χ0) is 11.7. The van der Waals surface area contributed by atoms with Gasteiger partial charge in [-0.05, 0) is 19.3 Å². The first-order valence-corrected chi connectivity index (χ1v) is 6.28. The van der Waals surface area contributed by atoms with E-state index in [0.717, 1.165) is 7.11 Å². The predicted molar refractivity (Wildman–Crippen MR) is 56.8 cm³/mol. The molecule has 0 aromatic heterocycles. The lowest BCUT2D eigenvalue weighted by Gasteiger charge is -2.09. The quantitative estimate of drug-likeness (QED) is 0.363. The first kappa shape index (κ1) is 14.4. The molecule has 0 rings (SSSR count). The Hall–Kier alpha value is -0.590. The number of aliphatic hydroxyl groups is 1. The highest BCUT2D eigenvalue weighted by Gasteiger charge is 2.09. The molecule has 90 valence electrons. The van der Waals surface area contributed by atoms with Crippen LogP contribution in [0, 0.1) is 0 Å². The summed E-state index contributed by atoms with van der Waals surface area (Å²) in [7, 11) is -2.22. The molecule has 0 aliphatic rings. The summed E-state index contributed by atoms with van der Waals surface area (Å²) in [5, 5.41) is 9.31. The Labute approximate surface area is 90.8 Å². The van der Waals surface area contributed by atoms with Crippen molar-refractivity contribution < 1.29 is 22.4 Å². The van der Waals surface area contributed by atoms with E-state index < -0.39 is 16.2 Å². The SMILES string of the molecule is C=COCC(O)CCCCS(=O)(=O)OC. The lowest BCUT2D eigenvalue weighted by molar-refractivity contribution is 0.0766. The highest BCUT2D eigenvalue weighted by Crippen LogP contribution is 2.04. The molecule has 0 aromatic rings. The van der Waals surface area contributed by atoms with Crippen LogP contribution < -0.4 is 0 Å². The van der Waals surface area contributed by atoms with Crippen LogP contribution in [0.4, 0.5) is 0 Å². The van der Waals surface area contributed by atoms with Crippen LogP contribution in [0.15, 0.2) is 12.8 Å². The summed E-state index contributed by atoms with van der Waals surface area (Å²) >= 11 is 0. The van der Waals surface area contributed by atoms with Crippen LogP contribution in [-0.2, 0) is 19.0 Å². The Balaban J connectivity index is 3.50. The van der Waals surface area contributed by atoms with Crippen molar-refractivity contribution in [3.05, 3.63) is 12.8 Å². The molecular weight excluding hydrogens is 220 g/mol. The van der Waals surface area contributed by atoms with Crippen molar-refractivity contribution in [2.75, 3.05) is 19.5 Å². The molecule has 1 unspecified atom stereocenters. The monoisotopic (exact) mass is 238 g/mol. The second-order valence-electron chi connectivity index (χ2n) is 3.08. The van der Waals surface area contributed by atoms with Crippen LogP contribution in [0.5, 0.6) is 0 Å². The Morgan fingerprint density at radius 3 is 2.67 bits per heavy atom. The average Bonchev–Trinajstić information content (AvgIpc) is 2.21. The second-order valence-corrected chi connectivity index (χ2v) is 4.94. The molecule has 0 aliphatic heterocycles. The maximum absolute atomic E-state index is 10.9. The molecular formula is C9H18O5S. The Morgan fingerprint density at radius 2 is 2.13 bits per heavy atom. The molecule has 0 saturated heterocycles. The van der Waals surface area contributed by atoms with Gasteiger partial charge in [0.25, 0.3) is 10.1 Å². The lowest BCUT2D eigenvalue weighted by Crippen LogP contribution is -2.14. The first-order chi connectivity index (χ1) is 7.02. The van der Waals surface area contributed by atoms with Crippen molar-refractivity contribution in [2.45, 2.75) is 25.4 Å². The molecule has 0 amide bonds. The number of unbranched alkanes of at least 4 members (excludes halogenated alkanes) is 1. The van der Waals surface area contributed by atoms with Crippen molar-refractivity contribution in [1.82, 2.24) is 0 Å². The summed E-state index contributed by atoms with van der Waals surface area (Å²) < 4.78 is 30.9. The van der Waals surface area contributed by atoms with Gasteiger partial charge in [-0.2, -0.15) is 8.42 Å². The standard InChI is InChI=1S/C9H18O5S/c1-3-14-8-9(10)6-4-5-7-15(11,12)13-2/h3,9-10H,1,4-8H2,2H3. The largest absolute Gasteiger partial charge is 0.499 e. The Morgan fingerprint density at radius 1 is 1.47 bits per heavy atom. The fourth-order valence-corrected chi connectivity index (χ4v) is 1.73. The van der Waals surface area contributed by atoms with E-state index in [0.29, 0.717) is 19.3 Å². The minimum absolute atomic E-state index is 0.0153. The summed E-state index contributed by atoms with van der Waals surface area (Å²) in [6.07, 6.45) is 2.28. The van der Waals surface area contributed by atoms with E-state index in [1.54, 1.807) is 0 Å². The molecule has 0 spiro atoms. The molecule has 0 radical (unpaired) electrons. The molecule has 15 heavy (non-hydrogen) atoms. The van der Waals surface area contributed by atoms with E-state index in [4.69, 9.17) is 4.74 Å². The van der Waals surface area contributed by atoms with Crippen molar-refractivity contribution in [1.29, 1.82) is 0 Å². The van der Waals surface area contributed by atoms with Crippen LogP contribution in [0.1, 0.15) is 19.3 Å². The van der Waals surface area contributed by atoms with Crippen molar-refractivity contribution in [3.63, 3.8) is 0 Å². The Bertz CT molecular complexity index is 260. The van der Waals surface area contributed by atoms with Crippen molar-refractivity contribution >= 4 is 10.1 Å². The zero-order valence-electron chi connectivity index (χ0n) is 8.89.